The van der Waals surface area contributed by atoms with Crippen LogP contribution in [-0.2, 0) is 6.42 Å². The van der Waals surface area contributed by atoms with Gasteiger partial charge in [0.1, 0.15) is 2.14 Å². The lowest BCUT2D eigenvalue weighted by molar-refractivity contribution is 1.09. The van der Waals surface area contributed by atoms with Gasteiger partial charge in [0.2, 0.25) is 0 Å². The maximum atomic E-state index is 3.47. The molecule has 0 unspecified atom stereocenters. The highest BCUT2D eigenvalue weighted by Crippen LogP contribution is 2.36. The van der Waals surface area contributed by atoms with Crippen LogP contribution in [0.3, 0.4) is 0 Å². The second-order valence-electron chi connectivity index (χ2n) is 2.78. The summed E-state index contributed by atoms with van der Waals surface area (Å²) in [5.41, 5.74) is 2.59. The van der Waals surface area contributed by atoms with Gasteiger partial charge in [0.05, 0.1) is 0 Å². The Morgan fingerprint density at radius 2 is 1.58 bits per heavy atom. The van der Waals surface area contributed by atoms with Gasteiger partial charge in [-0.15, -0.1) is 0 Å². The lowest BCUT2D eigenvalue weighted by atomic mass is 10.1. The van der Waals surface area contributed by atoms with Crippen molar-refractivity contribution in [3.8, 4) is 0 Å². The Labute approximate surface area is 98.1 Å². The summed E-state index contributed by atoms with van der Waals surface area (Å²) in [6, 6.07) is 8.50. The molecule has 0 amide bonds. The van der Waals surface area contributed by atoms with Gasteiger partial charge in [-0.2, -0.15) is 0 Å². The van der Waals surface area contributed by atoms with Gasteiger partial charge in [-0.05, 0) is 12.5 Å². The number of halogens is 3. The summed E-state index contributed by atoms with van der Waals surface area (Å²) in [4.78, 5) is 0. The summed E-state index contributed by atoms with van der Waals surface area (Å²) >= 11 is 10.4. The highest BCUT2D eigenvalue weighted by atomic mass is 80.0. The zero-order valence-corrected chi connectivity index (χ0v) is 11.4. The van der Waals surface area contributed by atoms with E-state index >= 15 is 0 Å². The van der Waals surface area contributed by atoms with Crippen molar-refractivity contribution < 1.29 is 0 Å². The minimum atomic E-state index is -0.164. The third-order valence-corrected chi connectivity index (χ3v) is 2.37. The Bertz CT molecular complexity index is 245. The molecular weight excluding hydrogens is 348 g/mol. The molecule has 1 aromatic carbocycles. The maximum Gasteiger partial charge on any atom is 0.139 e. The molecule has 66 valence electrons. The number of aryl methyl sites for hydroxylation is 1. The first-order valence-electron chi connectivity index (χ1n) is 3.60. The van der Waals surface area contributed by atoms with Crippen LogP contribution in [0.2, 0.25) is 0 Å². The van der Waals surface area contributed by atoms with Crippen LogP contribution in [-0.4, -0.2) is 2.14 Å². The predicted octanol–water partition coefficient (Wildman–Crippen LogP) is 4.38. The molecule has 0 bridgehead atoms. The van der Waals surface area contributed by atoms with E-state index in [-0.39, 0.29) is 2.14 Å². The molecule has 0 N–H and O–H groups in total. The minimum absolute atomic E-state index is 0.164. The fourth-order valence-corrected chi connectivity index (χ4v) is 1.91. The minimum Gasteiger partial charge on any atom is -0.0596 e. The molecule has 0 aliphatic heterocycles. The summed E-state index contributed by atoms with van der Waals surface area (Å²) in [5, 5.41) is 0. The van der Waals surface area contributed by atoms with Gasteiger partial charge < -0.3 is 0 Å². The molecule has 0 atom stereocenters. The first-order valence-corrected chi connectivity index (χ1v) is 5.97. The summed E-state index contributed by atoms with van der Waals surface area (Å²) in [7, 11) is 0. The van der Waals surface area contributed by atoms with Crippen LogP contribution in [0.5, 0.6) is 0 Å². The smallest absolute Gasteiger partial charge is 0.0596 e. The number of hydrogen-bond acceptors (Lipinski definition) is 0. The van der Waals surface area contributed by atoms with E-state index in [4.69, 9.17) is 0 Å². The van der Waals surface area contributed by atoms with E-state index in [2.05, 4.69) is 79.0 Å². The molecule has 0 spiro atoms. The molecule has 0 saturated heterocycles. The molecule has 0 aliphatic carbocycles. The van der Waals surface area contributed by atoms with Crippen molar-refractivity contribution in [1.82, 2.24) is 0 Å². The third kappa shape index (κ3) is 4.06. The van der Waals surface area contributed by atoms with E-state index < -0.39 is 0 Å². The molecule has 0 heterocycles. The molecule has 12 heavy (non-hydrogen) atoms. The Kier molecular flexibility index (Phi) is 3.80. The fourth-order valence-electron chi connectivity index (χ4n) is 0.937. The van der Waals surface area contributed by atoms with Crippen molar-refractivity contribution in [1.29, 1.82) is 0 Å². The molecule has 0 aromatic heterocycles. The van der Waals surface area contributed by atoms with Gasteiger partial charge >= 0.3 is 0 Å². The fraction of sp³-hybridized carbons (Fsp3) is 0.333. The van der Waals surface area contributed by atoms with Crippen LogP contribution in [0.15, 0.2) is 24.3 Å². The van der Waals surface area contributed by atoms with Gasteiger partial charge in [-0.25, -0.2) is 0 Å². The second kappa shape index (κ2) is 4.25. The molecular formula is C9H9Br3. The summed E-state index contributed by atoms with van der Waals surface area (Å²) in [6.07, 6.45) is 0.910. The lowest BCUT2D eigenvalue weighted by Crippen LogP contribution is -2.03. The first-order chi connectivity index (χ1) is 5.47. The van der Waals surface area contributed by atoms with Crippen LogP contribution in [0.1, 0.15) is 11.1 Å². The number of rotatable bonds is 1. The van der Waals surface area contributed by atoms with Gasteiger partial charge in [0.25, 0.3) is 0 Å². The summed E-state index contributed by atoms with van der Waals surface area (Å²) in [5.74, 6) is 0. The second-order valence-corrected chi connectivity index (χ2v) is 10.0. The standard InChI is InChI=1S/C9H9Br3/c1-7-2-4-8(5-3-7)6-9(10,11)12/h2-5H,6H2,1H3. The van der Waals surface area contributed by atoms with Crippen LogP contribution in [0, 0.1) is 6.92 Å². The quantitative estimate of drug-likeness (QED) is 0.655. The lowest BCUT2D eigenvalue weighted by Gasteiger charge is -2.11. The number of benzene rings is 1. The van der Waals surface area contributed by atoms with Gasteiger partial charge in [0, 0.05) is 6.42 Å². The van der Waals surface area contributed by atoms with Gasteiger partial charge in [-0.1, -0.05) is 77.6 Å². The number of hydrogen-bond donors (Lipinski definition) is 0. The molecule has 1 aromatic rings. The summed E-state index contributed by atoms with van der Waals surface area (Å²) in [6.45, 7) is 2.09. The van der Waals surface area contributed by atoms with E-state index in [9.17, 15) is 0 Å². The summed E-state index contributed by atoms with van der Waals surface area (Å²) < 4.78 is -0.164. The average Bonchev–Trinajstić information content (AvgIpc) is 1.91. The highest BCUT2D eigenvalue weighted by molar-refractivity contribution is 9.39. The Balaban J connectivity index is 2.71. The zero-order chi connectivity index (χ0) is 9.19. The SMILES string of the molecule is Cc1ccc(CC(Br)(Br)Br)cc1. The van der Waals surface area contributed by atoms with Crippen molar-refractivity contribution in [2.75, 3.05) is 0 Å². The van der Waals surface area contributed by atoms with Crippen LogP contribution in [0.25, 0.3) is 0 Å². The predicted molar refractivity (Wildman–Crippen MR) is 64.4 cm³/mol. The molecule has 0 fully saturated rings. The Morgan fingerprint density at radius 3 is 2.00 bits per heavy atom. The van der Waals surface area contributed by atoms with Crippen molar-refractivity contribution in [3.05, 3.63) is 35.4 Å². The maximum absolute atomic E-state index is 3.47. The van der Waals surface area contributed by atoms with Gasteiger partial charge in [-0.3, -0.25) is 0 Å². The zero-order valence-electron chi connectivity index (χ0n) is 6.65. The van der Waals surface area contributed by atoms with E-state index in [1.54, 1.807) is 0 Å². The van der Waals surface area contributed by atoms with Crippen LogP contribution < -0.4 is 0 Å². The molecule has 0 radical (unpaired) electrons. The molecule has 1 rings (SSSR count). The molecule has 0 aliphatic rings. The van der Waals surface area contributed by atoms with E-state index in [1.807, 2.05) is 0 Å². The normalized spacial score (nSPS) is 11.7. The molecule has 3 heteroatoms. The monoisotopic (exact) mass is 354 g/mol. The highest BCUT2D eigenvalue weighted by Gasteiger charge is 2.17. The first kappa shape index (κ1) is 10.7. The van der Waals surface area contributed by atoms with Crippen molar-refractivity contribution >= 4 is 47.8 Å². The molecule has 0 saturated carbocycles. The molecule has 0 nitrogen and oxygen atoms in total. The van der Waals surface area contributed by atoms with Crippen LogP contribution in [0.4, 0.5) is 0 Å². The Morgan fingerprint density at radius 1 is 1.08 bits per heavy atom. The van der Waals surface area contributed by atoms with Crippen molar-refractivity contribution in [2.24, 2.45) is 0 Å². The third-order valence-electron chi connectivity index (χ3n) is 1.53. The van der Waals surface area contributed by atoms with E-state index in [0.717, 1.165) is 6.42 Å². The average molecular weight is 357 g/mol. The Hall–Kier alpha value is 0.660. The number of alkyl halides is 3. The van der Waals surface area contributed by atoms with Crippen LogP contribution >= 0.6 is 47.8 Å². The van der Waals surface area contributed by atoms with E-state index in [0.29, 0.717) is 0 Å². The topological polar surface area (TPSA) is 0 Å². The van der Waals surface area contributed by atoms with Crippen molar-refractivity contribution in [3.63, 3.8) is 0 Å². The van der Waals surface area contributed by atoms with Crippen molar-refractivity contribution in [2.45, 2.75) is 15.5 Å². The van der Waals surface area contributed by atoms with E-state index in [1.165, 1.54) is 11.1 Å². The largest absolute Gasteiger partial charge is 0.139 e. The van der Waals surface area contributed by atoms with Gasteiger partial charge in [0.15, 0.2) is 0 Å².